The summed E-state index contributed by atoms with van der Waals surface area (Å²) in [6.07, 6.45) is 1.33. The number of amides is 2. The van der Waals surface area contributed by atoms with Gasteiger partial charge in [-0.25, -0.2) is 0 Å². The lowest BCUT2D eigenvalue weighted by Crippen LogP contribution is -2.52. The number of aryl methyl sites for hydroxylation is 2. The zero-order valence-corrected chi connectivity index (χ0v) is 19.5. The lowest BCUT2D eigenvalue weighted by molar-refractivity contribution is -0.128. The monoisotopic (exact) mass is 451 g/mol. The van der Waals surface area contributed by atoms with Gasteiger partial charge >= 0.3 is 0 Å². The van der Waals surface area contributed by atoms with Crippen molar-refractivity contribution >= 4 is 40.7 Å². The van der Waals surface area contributed by atoms with Gasteiger partial charge in [0, 0.05) is 5.69 Å². The van der Waals surface area contributed by atoms with Crippen molar-refractivity contribution in [2.24, 2.45) is 0 Å². The minimum Gasteiger partial charge on any atom is -0.343 e. The summed E-state index contributed by atoms with van der Waals surface area (Å²) in [4.78, 5) is 28.0. The number of hydrogen-bond donors (Lipinski definition) is 2. The van der Waals surface area contributed by atoms with Gasteiger partial charge in [0.2, 0.25) is 11.8 Å². The second-order valence-corrected chi connectivity index (χ2v) is 8.25. The Labute approximate surface area is 195 Å². The normalized spacial score (nSPS) is 16.7. The van der Waals surface area contributed by atoms with Crippen LogP contribution in [0.4, 0.5) is 5.69 Å². The zero-order chi connectivity index (χ0) is 22.0. The van der Waals surface area contributed by atoms with E-state index < -0.39 is 6.04 Å². The lowest BCUT2D eigenvalue weighted by Gasteiger charge is -2.27. The van der Waals surface area contributed by atoms with E-state index in [0.29, 0.717) is 13.0 Å². The molecule has 3 aromatic carbocycles. The molecule has 2 N–H and O–H groups in total. The maximum absolute atomic E-state index is 13.7. The molecule has 1 aliphatic rings. The number of halogens is 1. The molecule has 6 heteroatoms. The Morgan fingerprint density at radius 2 is 1.75 bits per heavy atom. The predicted octanol–water partition coefficient (Wildman–Crippen LogP) is 4.14. The fourth-order valence-corrected chi connectivity index (χ4v) is 4.26. The largest absolute Gasteiger partial charge is 0.343 e. The first kappa shape index (κ1) is 23.8. The number of anilines is 1. The Bertz CT molecular complexity index is 1130. The molecule has 2 amide bonds. The summed E-state index contributed by atoms with van der Waals surface area (Å²) in [6, 6.07) is 19.7. The molecule has 2 unspecified atom stereocenters. The smallest absolute Gasteiger partial charge is 0.249 e. The minimum atomic E-state index is -0.549. The highest BCUT2D eigenvalue weighted by atomic mass is 35.5. The molecule has 1 heterocycles. The highest BCUT2D eigenvalue weighted by Gasteiger charge is 2.32. The van der Waals surface area contributed by atoms with Crippen LogP contribution in [0, 0.1) is 6.92 Å². The number of rotatable bonds is 5. The maximum atomic E-state index is 13.7. The number of carbonyl (C=O) groups excluding carboxylic acids is 2. The summed E-state index contributed by atoms with van der Waals surface area (Å²) in [5.74, 6) is -0.223. The van der Waals surface area contributed by atoms with Gasteiger partial charge < -0.3 is 15.5 Å². The maximum Gasteiger partial charge on any atom is 0.249 e. The summed E-state index contributed by atoms with van der Waals surface area (Å²) >= 11 is 0. The summed E-state index contributed by atoms with van der Waals surface area (Å²) in [5, 5.41) is 8.26. The van der Waals surface area contributed by atoms with Crippen LogP contribution in [0.3, 0.4) is 0 Å². The molecule has 1 aliphatic heterocycles. The molecule has 0 bridgehead atoms. The van der Waals surface area contributed by atoms with Gasteiger partial charge in [-0.05, 0) is 67.3 Å². The topological polar surface area (TPSA) is 61.4 Å². The molecule has 0 aromatic heterocycles. The molecule has 0 saturated heterocycles. The molecule has 5 nitrogen and oxygen atoms in total. The quantitative estimate of drug-likeness (QED) is 0.612. The number of hydrogen-bond acceptors (Lipinski definition) is 3. The zero-order valence-electron chi connectivity index (χ0n) is 18.7. The SMILES string of the molecule is CNC(C)C(=O)NC1CCc2ccccc2N(Cc2ccc(C)c3ccccc23)C1=O.Cl. The summed E-state index contributed by atoms with van der Waals surface area (Å²) in [7, 11) is 1.74. The third-order valence-electron chi connectivity index (χ3n) is 6.25. The van der Waals surface area contributed by atoms with Crippen molar-refractivity contribution in [3.8, 4) is 0 Å². The van der Waals surface area contributed by atoms with Crippen LogP contribution in [0.1, 0.15) is 30.0 Å². The Hall–Kier alpha value is -2.89. The van der Waals surface area contributed by atoms with E-state index in [1.807, 2.05) is 35.2 Å². The molecular weight excluding hydrogens is 422 g/mol. The van der Waals surface area contributed by atoms with Gasteiger partial charge in [-0.2, -0.15) is 0 Å². The van der Waals surface area contributed by atoms with Crippen molar-refractivity contribution in [2.75, 3.05) is 11.9 Å². The summed E-state index contributed by atoms with van der Waals surface area (Å²) in [5.41, 5.74) is 4.37. The van der Waals surface area contributed by atoms with Gasteiger partial charge in [0.25, 0.3) is 0 Å². The molecule has 0 radical (unpaired) electrons. The first-order valence-corrected chi connectivity index (χ1v) is 10.8. The molecule has 0 spiro atoms. The number of para-hydroxylation sites is 1. The van der Waals surface area contributed by atoms with Crippen LogP contribution < -0.4 is 15.5 Å². The van der Waals surface area contributed by atoms with Crippen molar-refractivity contribution in [1.29, 1.82) is 0 Å². The molecule has 168 valence electrons. The second-order valence-electron chi connectivity index (χ2n) is 8.25. The van der Waals surface area contributed by atoms with Crippen LogP contribution in [0.25, 0.3) is 10.8 Å². The molecule has 0 fully saturated rings. The number of nitrogens with one attached hydrogen (secondary N) is 2. The van der Waals surface area contributed by atoms with Crippen LogP contribution in [0.15, 0.2) is 60.7 Å². The van der Waals surface area contributed by atoms with E-state index in [1.54, 1.807) is 14.0 Å². The Morgan fingerprint density at radius 3 is 2.50 bits per heavy atom. The van der Waals surface area contributed by atoms with Crippen molar-refractivity contribution in [1.82, 2.24) is 10.6 Å². The Kier molecular flexibility index (Phi) is 7.54. The molecule has 2 atom stereocenters. The van der Waals surface area contributed by atoms with E-state index in [4.69, 9.17) is 0 Å². The lowest BCUT2D eigenvalue weighted by atomic mass is 9.99. The average Bonchev–Trinajstić information content (AvgIpc) is 2.92. The van der Waals surface area contributed by atoms with E-state index in [-0.39, 0.29) is 30.3 Å². The first-order chi connectivity index (χ1) is 15.0. The minimum absolute atomic E-state index is 0. The van der Waals surface area contributed by atoms with E-state index in [0.717, 1.165) is 28.6 Å². The predicted molar refractivity (Wildman–Crippen MR) is 132 cm³/mol. The van der Waals surface area contributed by atoms with Crippen molar-refractivity contribution < 1.29 is 9.59 Å². The molecule has 3 aromatic rings. The molecule has 4 rings (SSSR count). The van der Waals surface area contributed by atoms with Gasteiger partial charge in [-0.3, -0.25) is 9.59 Å². The van der Waals surface area contributed by atoms with Crippen LogP contribution in [0.5, 0.6) is 0 Å². The highest BCUT2D eigenvalue weighted by molar-refractivity contribution is 6.01. The molecule has 0 aliphatic carbocycles. The number of fused-ring (bicyclic) bond motifs is 2. The first-order valence-electron chi connectivity index (χ1n) is 10.8. The second kappa shape index (κ2) is 10.2. The van der Waals surface area contributed by atoms with Crippen LogP contribution in [0.2, 0.25) is 0 Å². The number of nitrogens with zero attached hydrogens (tertiary/aromatic N) is 1. The van der Waals surface area contributed by atoms with E-state index in [9.17, 15) is 9.59 Å². The summed E-state index contributed by atoms with van der Waals surface area (Å²) < 4.78 is 0. The van der Waals surface area contributed by atoms with Gasteiger partial charge in [0.1, 0.15) is 6.04 Å². The fourth-order valence-electron chi connectivity index (χ4n) is 4.26. The average molecular weight is 452 g/mol. The number of likely N-dealkylation sites (N-methyl/N-ethyl adjacent to an activating group) is 1. The summed E-state index contributed by atoms with van der Waals surface area (Å²) in [6.45, 7) is 4.36. The number of benzene rings is 3. The van der Waals surface area contributed by atoms with Gasteiger partial charge in [-0.15, -0.1) is 12.4 Å². The standard InChI is InChI=1S/C26H29N3O2.ClH/c1-17-12-13-20(22-10-6-5-9-21(17)22)16-29-24-11-7-4-8-19(24)14-15-23(26(29)31)28-25(30)18(2)27-3;/h4-13,18,23,27H,14-16H2,1-3H3,(H,28,30);1H. The fraction of sp³-hybridized carbons (Fsp3) is 0.308. The van der Waals surface area contributed by atoms with Crippen LogP contribution in [-0.2, 0) is 22.6 Å². The molecule has 0 saturated carbocycles. The molecular formula is C26H30ClN3O2. The van der Waals surface area contributed by atoms with E-state index >= 15 is 0 Å². The third kappa shape index (κ3) is 4.64. The highest BCUT2D eigenvalue weighted by Crippen LogP contribution is 2.31. The third-order valence-corrected chi connectivity index (χ3v) is 6.25. The number of carbonyl (C=O) groups is 2. The van der Waals surface area contributed by atoms with Gasteiger partial charge in [0.05, 0.1) is 12.6 Å². The van der Waals surface area contributed by atoms with E-state index in [1.165, 1.54) is 10.9 Å². The van der Waals surface area contributed by atoms with Crippen LogP contribution in [-0.4, -0.2) is 30.9 Å². The van der Waals surface area contributed by atoms with Crippen molar-refractivity contribution in [3.05, 3.63) is 77.4 Å². The van der Waals surface area contributed by atoms with E-state index in [2.05, 4.69) is 47.9 Å². The Balaban J connectivity index is 0.00000289. The van der Waals surface area contributed by atoms with Gasteiger partial charge in [0.15, 0.2) is 0 Å². The van der Waals surface area contributed by atoms with Gasteiger partial charge in [-0.1, -0.05) is 54.6 Å². The van der Waals surface area contributed by atoms with Crippen LogP contribution >= 0.6 is 12.4 Å². The van der Waals surface area contributed by atoms with Crippen molar-refractivity contribution in [2.45, 2.75) is 45.3 Å². The van der Waals surface area contributed by atoms with Crippen molar-refractivity contribution in [3.63, 3.8) is 0 Å². The Morgan fingerprint density at radius 1 is 1.06 bits per heavy atom. The molecule has 32 heavy (non-hydrogen) atoms.